The molecule has 2 rings (SSSR count). The van der Waals surface area contributed by atoms with Crippen molar-refractivity contribution in [3.05, 3.63) is 33.6 Å². The molecule has 1 aliphatic rings. The van der Waals surface area contributed by atoms with Gasteiger partial charge in [-0.1, -0.05) is 30.1 Å². The minimum absolute atomic E-state index is 0. The van der Waals surface area contributed by atoms with E-state index in [4.69, 9.17) is 23.2 Å². The van der Waals surface area contributed by atoms with Gasteiger partial charge in [0.25, 0.3) is 0 Å². The second-order valence-corrected chi connectivity index (χ2v) is 5.28. The Bertz CT molecular complexity index is 423. The van der Waals surface area contributed by atoms with Gasteiger partial charge in [-0.05, 0) is 18.6 Å². The van der Waals surface area contributed by atoms with Crippen molar-refractivity contribution < 1.29 is 4.39 Å². The number of hydrogen-bond donors (Lipinski definition) is 1. The molecule has 1 saturated heterocycles. The summed E-state index contributed by atoms with van der Waals surface area (Å²) in [4.78, 5) is 2.26. The van der Waals surface area contributed by atoms with Crippen molar-refractivity contribution >= 4 is 35.6 Å². The molecule has 0 saturated carbocycles. The first-order chi connectivity index (χ1) is 8.65. The highest BCUT2D eigenvalue weighted by atomic mass is 35.5. The summed E-state index contributed by atoms with van der Waals surface area (Å²) < 4.78 is 14.2. The zero-order valence-corrected chi connectivity index (χ0v) is 13.1. The van der Waals surface area contributed by atoms with Crippen LogP contribution in [0.1, 0.15) is 24.9 Å². The van der Waals surface area contributed by atoms with Crippen LogP contribution in [-0.4, -0.2) is 31.1 Å². The van der Waals surface area contributed by atoms with Gasteiger partial charge in [0.05, 0.1) is 5.02 Å². The van der Waals surface area contributed by atoms with E-state index >= 15 is 0 Å². The predicted octanol–water partition coefficient (Wildman–Crippen LogP) is 3.91. The number of rotatable bonds is 3. The van der Waals surface area contributed by atoms with Crippen LogP contribution in [-0.2, 0) is 0 Å². The van der Waals surface area contributed by atoms with Gasteiger partial charge < -0.3 is 5.32 Å². The highest BCUT2D eigenvalue weighted by Gasteiger charge is 2.26. The Hall–Kier alpha value is -0.0600. The molecule has 108 valence electrons. The summed E-state index contributed by atoms with van der Waals surface area (Å²) >= 11 is 12.0. The molecular formula is C13H18Cl3FN2. The first kappa shape index (κ1) is 17.0. The Morgan fingerprint density at radius 1 is 1.26 bits per heavy atom. The average molecular weight is 328 g/mol. The van der Waals surface area contributed by atoms with Crippen molar-refractivity contribution in [1.82, 2.24) is 10.2 Å². The zero-order chi connectivity index (χ0) is 13.1. The molecule has 0 amide bonds. The molecule has 0 bridgehead atoms. The van der Waals surface area contributed by atoms with Gasteiger partial charge in [0, 0.05) is 42.8 Å². The second-order valence-electron chi connectivity index (χ2n) is 4.47. The fourth-order valence-electron chi connectivity index (χ4n) is 2.49. The van der Waals surface area contributed by atoms with Crippen LogP contribution in [0.5, 0.6) is 0 Å². The summed E-state index contributed by atoms with van der Waals surface area (Å²) in [5, 5.41) is 3.89. The number of halogens is 4. The normalized spacial score (nSPS) is 17.9. The van der Waals surface area contributed by atoms with Crippen molar-refractivity contribution in [2.75, 3.05) is 26.2 Å². The SMILES string of the molecule is CC[C@@H](c1c(Cl)ccc(Cl)c1F)N1CCNCC1.Cl. The summed E-state index contributed by atoms with van der Waals surface area (Å²) in [6.45, 7) is 5.71. The van der Waals surface area contributed by atoms with E-state index < -0.39 is 0 Å². The molecule has 0 radical (unpaired) electrons. The fourth-order valence-corrected chi connectivity index (χ4v) is 2.92. The lowest BCUT2D eigenvalue weighted by Crippen LogP contribution is -2.45. The molecule has 2 nitrogen and oxygen atoms in total. The van der Waals surface area contributed by atoms with E-state index in [1.165, 1.54) is 6.07 Å². The summed E-state index contributed by atoms with van der Waals surface area (Å²) in [6.07, 6.45) is 0.816. The van der Waals surface area contributed by atoms with E-state index in [0.717, 1.165) is 32.6 Å². The zero-order valence-electron chi connectivity index (χ0n) is 10.8. The van der Waals surface area contributed by atoms with E-state index in [-0.39, 0.29) is 29.3 Å². The van der Waals surface area contributed by atoms with Crippen LogP contribution in [0.3, 0.4) is 0 Å². The molecule has 0 aliphatic carbocycles. The molecule has 1 aliphatic heterocycles. The Morgan fingerprint density at radius 3 is 2.42 bits per heavy atom. The third kappa shape index (κ3) is 3.73. The molecule has 6 heteroatoms. The Morgan fingerprint density at radius 2 is 1.84 bits per heavy atom. The Balaban J connectivity index is 0.00000180. The number of piperazine rings is 1. The third-order valence-corrected chi connectivity index (χ3v) is 4.01. The van der Waals surface area contributed by atoms with E-state index in [1.807, 2.05) is 6.92 Å². The summed E-state index contributed by atoms with van der Waals surface area (Å²) in [6, 6.07) is 3.18. The minimum Gasteiger partial charge on any atom is -0.314 e. The van der Waals surface area contributed by atoms with Gasteiger partial charge >= 0.3 is 0 Å². The average Bonchev–Trinajstić information content (AvgIpc) is 2.40. The lowest BCUT2D eigenvalue weighted by molar-refractivity contribution is 0.166. The maximum Gasteiger partial charge on any atom is 0.148 e. The molecular weight excluding hydrogens is 310 g/mol. The van der Waals surface area contributed by atoms with Gasteiger partial charge in [-0.3, -0.25) is 4.90 Å². The van der Waals surface area contributed by atoms with Gasteiger partial charge in [-0.2, -0.15) is 0 Å². The highest BCUT2D eigenvalue weighted by Crippen LogP contribution is 2.35. The topological polar surface area (TPSA) is 15.3 Å². The molecule has 0 aromatic heterocycles. The van der Waals surface area contributed by atoms with Gasteiger partial charge in [0.2, 0.25) is 0 Å². The quantitative estimate of drug-likeness (QED) is 0.847. The van der Waals surface area contributed by atoms with Crippen LogP contribution >= 0.6 is 35.6 Å². The number of nitrogens with zero attached hydrogens (tertiary/aromatic N) is 1. The van der Waals surface area contributed by atoms with Crippen molar-refractivity contribution in [3.8, 4) is 0 Å². The maximum atomic E-state index is 14.2. The number of hydrogen-bond acceptors (Lipinski definition) is 2. The maximum absolute atomic E-state index is 14.2. The molecule has 0 spiro atoms. The van der Waals surface area contributed by atoms with Gasteiger partial charge in [0.15, 0.2) is 0 Å². The lowest BCUT2D eigenvalue weighted by atomic mass is 10.0. The van der Waals surface area contributed by atoms with Crippen LogP contribution < -0.4 is 5.32 Å². The summed E-state index contributed by atoms with van der Waals surface area (Å²) in [5.74, 6) is -0.380. The third-order valence-electron chi connectivity index (χ3n) is 3.39. The van der Waals surface area contributed by atoms with E-state index in [9.17, 15) is 4.39 Å². The Kier molecular flexibility index (Phi) is 6.84. The molecule has 1 aromatic carbocycles. The highest BCUT2D eigenvalue weighted by molar-refractivity contribution is 6.33. The number of benzene rings is 1. The van der Waals surface area contributed by atoms with Crippen LogP contribution in [0.4, 0.5) is 4.39 Å². The van der Waals surface area contributed by atoms with Crippen LogP contribution in [0.2, 0.25) is 10.0 Å². The molecule has 0 unspecified atom stereocenters. The van der Waals surface area contributed by atoms with Gasteiger partial charge in [-0.15, -0.1) is 12.4 Å². The fraction of sp³-hybridized carbons (Fsp3) is 0.538. The van der Waals surface area contributed by atoms with Gasteiger partial charge in [0.1, 0.15) is 5.82 Å². The van der Waals surface area contributed by atoms with Crippen LogP contribution in [0, 0.1) is 5.82 Å². The van der Waals surface area contributed by atoms with Crippen LogP contribution in [0.25, 0.3) is 0 Å². The first-order valence-electron chi connectivity index (χ1n) is 6.23. The molecule has 1 N–H and O–H groups in total. The summed E-state index contributed by atoms with van der Waals surface area (Å²) in [5.41, 5.74) is 0.536. The van der Waals surface area contributed by atoms with E-state index in [1.54, 1.807) is 6.07 Å². The molecule has 19 heavy (non-hydrogen) atoms. The largest absolute Gasteiger partial charge is 0.314 e. The molecule has 1 heterocycles. The number of nitrogens with one attached hydrogen (secondary N) is 1. The minimum atomic E-state index is -0.380. The smallest absolute Gasteiger partial charge is 0.148 e. The van der Waals surface area contributed by atoms with E-state index in [2.05, 4.69) is 10.2 Å². The van der Waals surface area contributed by atoms with Gasteiger partial charge in [-0.25, -0.2) is 4.39 Å². The molecule has 1 fully saturated rings. The second kappa shape index (κ2) is 7.65. The molecule has 1 aromatic rings. The molecule has 1 atom stereocenters. The van der Waals surface area contributed by atoms with E-state index in [0.29, 0.717) is 10.6 Å². The standard InChI is InChI=1S/C13H17Cl2FN2.ClH/c1-2-11(18-7-5-17-6-8-18)12-9(14)3-4-10(15)13(12)16;/h3-4,11,17H,2,5-8H2,1H3;1H/t11-;/m0./s1. The van der Waals surface area contributed by atoms with Crippen molar-refractivity contribution in [3.63, 3.8) is 0 Å². The predicted molar refractivity (Wildman–Crippen MR) is 81.1 cm³/mol. The monoisotopic (exact) mass is 326 g/mol. The van der Waals surface area contributed by atoms with Crippen molar-refractivity contribution in [2.24, 2.45) is 0 Å². The lowest BCUT2D eigenvalue weighted by Gasteiger charge is -2.35. The van der Waals surface area contributed by atoms with Crippen molar-refractivity contribution in [2.45, 2.75) is 19.4 Å². The first-order valence-corrected chi connectivity index (χ1v) is 6.99. The van der Waals surface area contributed by atoms with Crippen molar-refractivity contribution in [1.29, 1.82) is 0 Å². The Labute approximate surface area is 129 Å². The summed E-state index contributed by atoms with van der Waals surface area (Å²) in [7, 11) is 0. The van der Waals surface area contributed by atoms with Crippen LogP contribution in [0.15, 0.2) is 12.1 Å².